The van der Waals surface area contributed by atoms with Gasteiger partial charge >= 0.3 is 0 Å². The van der Waals surface area contributed by atoms with Gasteiger partial charge in [-0.25, -0.2) is 4.90 Å². The lowest BCUT2D eigenvalue weighted by atomic mass is 9.87. The van der Waals surface area contributed by atoms with Crippen LogP contribution in [0.2, 0.25) is 0 Å². The predicted molar refractivity (Wildman–Crippen MR) is 170 cm³/mol. The lowest BCUT2D eigenvalue weighted by molar-refractivity contribution is -0.117. The maximum Gasteiger partial charge on any atom is 0.266 e. The van der Waals surface area contributed by atoms with Crippen LogP contribution in [-0.2, 0) is 4.79 Å². The lowest BCUT2D eigenvalue weighted by Gasteiger charge is -2.15. The fraction of sp³-hybridized carbons (Fsp3) is 0.162. The first-order valence-corrected chi connectivity index (χ1v) is 14.6. The monoisotopic (exact) mass is 567 g/mol. The molecule has 0 unspecified atom stereocenters. The van der Waals surface area contributed by atoms with Crippen LogP contribution in [-0.4, -0.2) is 29.3 Å². The highest BCUT2D eigenvalue weighted by Crippen LogP contribution is 2.45. The van der Waals surface area contributed by atoms with E-state index in [1.54, 1.807) is 31.2 Å². The zero-order valence-electron chi connectivity index (χ0n) is 23.7. The Morgan fingerprint density at radius 1 is 0.698 bits per heavy atom. The number of unbranched alkanes of at least 4 members (excludes halogenated alkanes) is 2. The molecule has 7 rings (SSSR count). The molecular weight excluding hydrogens is 538 g/mol. The molecule has 0 fully saturated rings. The maximum absolute atomic E-state index is 14.0. The molecule has 1 aliphatic rings. The molecule has 0 saturated heterocycles. The van der Waals surface area contributed by atoms with Gasteiger partial charge in [0.2, 0.25) is 0 Å². The molecule has 6 heteroatoms. The zero-order chi connectivity index (χ0) is 29.7. The molecule has 6 aromatic rings. The van der Waals surface area contributed by atoms with Crippen molar-refractivity contribution in [2.45, 2.75) is 32.6 Å². The second-order valence-corrected chi connectivity index (χ2v) is 11.2. The summed E-state index contributed by atoms with van der Waals surface area (Å²) in [6, 6.07) is 27.9. The average molecular weight is 568 g/mol. The minimum Gasteiger partial charge on any atom is -0.508 e. The summed E-state index contributed by atoms with van der Waals surface area (Å²) in [5.74, 6) is 0.438. The topological polar surface area (TPSA) is 83.9 Å². The Labute approximate surface area is 248 Å². The van der Waals surface area contributed by atoms with Crippen LogP contribution in [0, 0.1) is 0 Å². The number of carbonyl (C=O) groups is 3. The van der Waals surface area contributed by atoms with E-state index in [0.29, 0.717) is 40.6 Å². The number of aromatic hydroxyl groups is 1. The number of hydrogen-bond acceptors (Lipinski definition) is 5. The molecule has 0 bridgehead atoms. The number of fused-ring (bicyclic) bond motifs is 10. The summed E-state index contributed by atoms with van der Waals surface area (Å²) in [7, 11) is 0. The molecule has 1 heterocycles. The van der Waals surface area contributed by atoms with Gasteiger partial charge in [0, 0.05) is 6.42 Å². The number of imide groups is 1. The van der Waals surface area contributed by atoms with E-state index in [4.69, 9.17) is 4.74 Å². The predicted octanol–water partition coefficient (Wildman–Crippen LogP) is 8.33. The summed E-state index contributed by atoms with van der Waals surface area (Å²) in [4.78, 5) is 40.5. The summed E-state index contributed by atoms with van der Waals surface area (Å²) in [6.07, 6.45) is 3.28. The van der Waals surface area contributed by atoms with Crippen molar-refractivity contribution >= 4 is 66.4 Å². The quantitative estimate of drug-likeness (QED) is 0.114. The number of ether oxygens (including phenoxy) is 1. The van der Waals surface area contributed by atoms with E-state index in [9.17, 15) is 19.5 Å². The van der Waals surface area contributed by atoms with Crippen molar-refractivity contribution in [3.05, 3.63) is 102 Å². The van der Waals surface area contributed by atoms with E-state index < -0.39 is 0 Å². The highest BCUT2D eigenvalue weighted by molar-refractivity contribution is 6.45. The van der Waals surface area contributed by atoms with Gasteiger partial charge in [0.15, 0.2) is 0 Å². The maximum atomic E-state index is 14.0. The van der Waals surface area contributed by atoms with Crippen molar-refractivity contribution in [2.24, 2.45) is 0 Å². The van der Waals surface area contributed by atoms with Gasteiger partial charge in [0.25, 0.3) is 11.8 Å². The van der Waals surface area contributed by atoms with Crippen molar-refractivity contribution in [1.82, 2.24) is 0 Å². The van der Waals surface area contributed by atoms with Crippen molar-refractivity contribution < 1.29 is 24.2 Å². The molecule has 0 aliphatic carbocycles. The van der Waals surface area contributed by atoms with Crippen molar-refractivity contribution in [2.75, 3.05) is 11.5 Å². The Bertz CT molecular complexity index is 2120. The average Bonchev–Trinajstić information content (AvgIpc) is 3.28. The molecule has 0 radical (unpaired) electrons. The Morgan fingerprint density at radius 2 is 1.30 bits per heavy atom. The molecular formula is C37H29NO5. The number of anilines is 1. The highest BCUT2D eigenvalue weighted by Gasteiger charge is 2.40. The number of Topliss-reactive ketones (excluding diaryl/α,β-unsaturated/α-hetero) is 1. The second-order valence-electron chi connectivity index (χ2n) is 11.2. The minimum absolute atomic E-state index is 0.159. The molecule has 6 nitrogen and oxygen atoms in total. The first-order chi connectivity index (χ1) is 20.9. The smallest absolute Gasteiger partial charge is 0.266 e. The number of rotatable bonds is 8. The molecule has 6 aromatic carbocycles. The van der Waals surface area contributed by atoms with Gasteiger partial charge in [-0.2, -0.15) is 0 Å². The van der Waals surface area contributed by atoms with Gasteiger partial charge in [-0.3, -0.25) is 9.59 Å². The van der Waals surface area contributed by atoms with Crippen LogP contribution in [0.3, 0.4) is 0 Å². The van der Waals surface area contributed by atoms with Crippen LogP contribution < -0.4 is 9.64 Å². The van der Waals surface area contributed by atoms with Gasteiger partial charge in [-0.1, -0.05) is 54.6 Å². The fourth-order valence-corrected chi connectivity index (χ4v) is 6.35. The van der Waals surface area contributed by atoms with E-state index in [1.807, 2.05) is 66.7 Å². The number of amides is 2. The number of phenols is 1. The third kappa shape index (κ3) is 4.47. The van der Waals surface area contributed by atoms with E-state index >= 15 is 0 Å². The summed E-state index contributed by atoms with van der Waals surface area (Å²) in [5.41, 5.74) is 1.34. The third-order valence-corrected chi connectivity index (χ3v) is 8.32. The molecule has 43 heavy (non-hydrogen) atoms. The van der Waals surface area contributed by atoms with Gasteiger partial charge in [0.05, 0.1) is 23.4 Å². The normalized spacial score (nSPS) is 13.0. The Morgan fingerprint density at radius 3 is 1.95 bits per heavy atom. The number of hydrogen-bond donors (Lipinski definition) is 1. The Balaban J connectivity index is 1.42. The van der Waals surface area contributed by atoms with E-state index in [2.05, 4.69) is 0 Å². The van der Waals surface area contributed by atoms with Crippen molar-refractivity contribution in [3.8, 4) is 11.5 Å². The highest BCUT2D eigenvalue weighted by atomic mass is 16.5. The molecule has 212 valence electrons. The van der Waals surface area contributed by atoms with Gasteiger partial charge in [-0.05, 0) is 106 Å². The number of benzene rings is 6. The number of para-hydroxylation sites is 1. The molecule has 1 N–H and O–H groups in total. The van der Waals surface area contributed by atoms with Gasteiger partial charge in [-0.15, -0.1) is 0 Å². The van der Waals surface area contributed by atoms with Crippen molar-refractivity contribution in [1.29, 1.82) is 0 Å². The fourth-order valence-electron chi connectivity index (χ4n) is 6.35. The molecule has 0 atom stereocenters. The Kier molecular flexibility index (Phi) is 6.54. The van der Waals surface area contributed by atoms with Crippen molar-refractivity contribution in [3.63, 3.8) is 0 Å². The number of phenolic OH excluding ortho intramolecular Hbond substituents is 1. The number of ketones is 1. The van der Waals surface area contributed by atoms with E-state index in [0.717, 1.165) is 57.3 Å². The molecule has 1 aliphatic heterocycles. The molecule has 0 saturated carbocycles. The summed E-state index contributed by atoms with van der Waals surface area (Å²) < 4.78 is 6.05. The zero-order valence-corrected chi connectivity index (χ0v) is 23.7. The first-order valence-electron chi connectivity index (χ1n) is 14.6. The lowest BCUT2D eigenvalue weighted by Crippen LogP contribution is -2.29. The molecule has 0 spiro atoms. The van der Waals surface area contributed by atoms with Crippen LogP contribution in [0.15, 0.2) is 91.0 Å². The van der Waals surface area contributed by atoms with Crippen LogP contribution in [0.1, 0.15) is 53.3 Å². The summed E-state index contributed by atoms with van der Waals surface area (Å²) in [5, 5.41) is 17.0. The Hall–Kier alpha value is -5.23. The number of carbonyl (C=O) groups excluding carboxylic acids is 3. The van der Waals surface area contributed by atoms with Crippen LogP contribution in [0.4, 0.5) is 5.69 Å². The van der Waals surface area contributed by atoms with Gasteiger partial charge < -0.3 is 14.6 Å². The largest absolute Gasteiger partial charge is 0.508 e. The van der Waals surface area contributed by atoms with E-state index in [-0.39, 0.29) is 23.3 Å². The third-order valence-electron chi connectivity index (χ3n) is 8.32. The molecule has 0 aromatic heterocycles. The summed E-state index contributed by atoms with van der Waals surface area (Å²) >= 11 is 0. The van der Waals surface area contributed by atoms with Gasteiger partial charge in [0.1, 0.15) is 17.3 Å². The van der Waals surface area contributed by atoms with E-state index in [1.165, 1.54) is 4.90 Å². The van der Waals surface area contributed by atoms with Crippen LogP contribution in [0.25, 0.3) is 43.1 Å². The van der Waals surface area contributed by atoms with Crippen LogP contribution in [0.5, 0.6) is 11.5 Å². The molecule has 2 amide bonds. The second kappa shape index (κ2) is 10.6. The minimum atomic E-state index is -0.344. The van der Waals surface area contributed by atoms with Crippen LogP contribution >= 0.6 is 0 Å². The first kappa shape index (κ1) is 26.7. The number of nitrogens with zero attached hydrogens (tertiary/aromatic N) is 1. The summed E-state index contributed by atoms with van der Waals surface area (Å²) in [6.45, 7) is 2.18. The standard InChI is InChI=1S/C37H29NO5/c1-22(39)8-4-3-7-19-43-27-14-18-29-24(21-27)12-16-31-33(29)32-28-17-13-26(40)20-23(28)11-15-30(32)34-35(31)37(42)38(36(34)41)25-9-5-2-6-10-25/h2,5-6,9-18,20-21,40H,3-4,7-8,19H2,1H3. The SMILES string of the molecule is CC(=O)CCCCCOc1ccc2c(ccc3c4c(c5ccc6cc(O)ccc6c5c32)C(=O)N(c2ccccc2)C4=O)c1.